The van der Waals surface area contributed by atoms with Crippen LogP contribution >= 0.6 is 35.2 Å². The third-order valence-corrected chi connectivity index (χ3v) is 7.17. The Bertz CT molecular complexity index is 1140. The molecule has 0 aliphatic heterocycles. The number of methoxy groups -OCH3 is 1. The summed E-state index contributed by atoms with van der Waals surface area (Å²) >= 11 is 13.1. The van der Waals surface area contributed by atoms with Gasteiger partial charge in [-0.1, -0.05) is 30.2 Å². The van der Waals surface area contributed by atoms with Crippen molar-refractivity contribution >= 4 is 57.1 Å². The molecule has 0 spiro atoms. The molecule has 2 aromatic heterocycles. The first-order valence-electron chi connectivity index (χ1n) is 10.5. The summed E-state index contributed by atoms with van der Waals surface area (Å²) in [6, 6.07) is 9.65. The Hall–Kier alpha value is -2.42. The molecule has 0 bridgehead atoms. The molecule has 1 aliphatic rings. The highest BCUT2D eigenvalue weighted by molar-refractivity contribution is 7.80. The van der Waals surface area contributed by atoms with Crippen LogP contribution in [0.5, 0.6) is 0 Å². The van der Waals surface area contributed by atoms with Crippen molar-refractivity contribution < 1.29 is 9.53 Å². The summed E-state index contributed by atoms with van der Waals surface area (Å²) < 4.78 is 6.97. The van der Waals surface area contributed by atoms with Gasteiger partial charge in [-0.15, -0.1) is 11.3 Å². The molecule has 6 nitrogen and oxygen atoms in total. The summed E-state index contributed by atoms with van der Waals surface area (Å²) in [4.78, 5) is 13.8. The number of aromatic nitrogens is 2. The number of aryl methyl sites for hydroxylation is 2. The normalized spacial score (nSPS) is 13.2. The lowest BCUT2D eigenvalue weighted by atomic mass is 10.1. The van der Waals surface area contributed by atoms with Crippen LogP contribution < -0.4 is 10.6 Å². The van der Waals surface area contributed by atoms with Crippen LogP contribution in [0.2, 0.25) is 5.02 Å². The molecule has 0 amide bonds. The topological polar surface area (TPSA) is 68.2 Å². The average molecular weight is 489 g/mol. The minimum atomic E-state index is -0.321. The number of thiocarbonyl (C=S) groups is 1. The number of carbonyl (C=O) groups excluding carboxylic acids is 1. The zero-order chi connectivity index (χ0) is 22.7. The van der Waals surface area contributed by atoms with E-state index in [0.29, 0.717) is 28.1 Å². The largest absolute Gasteiger partial charge is 0.465 e. The summed E-state index contributed by atoms with van der Waals surface area (Å²) in [5.41, 5.74) is 3.83. The van der Waals surface area contributed by atoms with E-state index in [2.05, 4.69) is 15.7 Å². The van der Waals surface area contributed by atoms with Gasteiger partial charge in [0.15, 0.2) is 10.9 Å². The number of rotatable bonds is 5. The summed E-state index contributed by atoms with van der Waals surface area (Å²) in [7, 11) is 1.42. The van der Waals surface area contributed by atoms with Crippen LogP contribution in [0, 0.1) is 6.92 Å². The van der Waals surface area contributed by atoms with Crippen LogP contribution in [0.15, 0.2) is 30.3 Å². The molecular formula is C23H25ClN4O2S2. The van der Waals surface area contributed by atoms with Crippen LogP contribution in [0.4, 0.5) is 10.8 Å². The van der Waals surface area contributed by atoms with Crippen molar-refractivity contribution in [2.24, 2.45) is 0 Å². The van der Waals surface area contributed by atoms with E-state index in [1.807, 2.05) is 41.9 Å². The van der Waals surface area contributed by atoms with Gasteiger partial charge in [0.2, 0.25) is 0 Å². The fraction of sp³-hybridized carbons (Fsp3) is 0.348. The average Bonchev–Trinajstić information content (AvgIpc) is 3.18. The number of halogens is 1. The van der Waals surface area contributed by atoms with Crippen molar-refractivity contribution in [2.45, 2.75) is 45.6 Å². The van der Waals surface area contributed by atoms with Crippen LogP contribution in [0.1, 0.15) is 51.3 Å². The van der Waals surface area contributed by atoms with Gasteiger partial charge in [0.05, 0.1) is 19.2 Å². The summed E-state index contributed by atoms with van der Waals surface area (Å²) in [5.74, 6) is 0.324. The summed E-state index contributed by atoms with van der Waals surface area (Å²) in [6.45, 7) is 2.63. The molecule has 4 rings (SSSR count). The van der Waals surface area contributed by atoms with Gasteiger partial charge in [0, 0.05) is 21.7 Å². The Morgan fingerprint density at radius 1 is 1.22 bits per heavy atom. The Labute approximate surface area is 201 Å². The Morgan fingerprint density at radius 2 is 1.97 bits per heavy atom. The molecular weight excluding hydrogens is 464 g/mol. The number of hydrogen-bond donors (Lipinski definition) is 2. The van der Waals surface area contributed by atoms with Crippen molar-refractivity contribution in [3.8, 4) is 0 Å². The highest BCUT2D eigenvalue weighted by Crippen LogP contribution is 2.38. The van der Waals surface area contributed by atoms with Crippen molar-refractivity contribution in [1.82, 2.24) is 9.78 Å². The second-order valence-corrected chi connectivity index (χ2v) is 9.74. The van der Waals surface area contributed by atoms with E-state index in [4.69, 9.17) is 28.6 Å². The molecule has 2 N–H and O–H groups in total. The Morgan fingerprint density at radius 3 is 2.72 bits per heavy atom. The SMILES string of the molecule is COC(=O)c1c(NC(=S)Nc2cc(C)n(Cc3ccc(Cl)cc3)n2)sc2c1CCCCC2. The second-order valence-electron chi connectivity index (χ2n) is 7.79. The van der Waals surface area contributed by atoms with Gasteiger partial charge in [0.25, 0.3) is 0 Å². The van der Waals surface area contributed by atoms with Gasteiger partial charge in [-0.2, -0.15) is 5.10 Å². The van der Waals surface area contributed by atoms with E-state index < -0.39 is 0 Å². The van der Waals surface area contributed by atoms with E-state index >= 15 is 0 Å². The zero-order valence-corrected chi connectivity index (χ0v) is 20.4. The first-order valence-corrected chi connectivity index (χ1v) is 12.1. The van der Waals surface area contributed by atoms with Crippen molar-refractivity contribution in [3.05, 3.63) is 62.6 Å². The number of nitrogens with zero attached hydrogens (tertiary/aromatic N) is 2. The molecule has 0 saturated carbocycles. The number of hydrogen-bond acceptors (Lipinski definition) is 5. The highest BCUT2D eigenvalue weighted by atomic mass is 35.5. The van der Waals surface area contributed by atoms with Crippen molar-refractivity contribution in [3.63, 3.8) is 0 Å². The van der Waals surface area contributed by atoms with Crippen LogP contribution in [-0.4, -0.2) is 28.0 Å². The number of carbonyl (C=O) groups is 1. The number of esters is 1. The molecule has 0 radical (unpaired) electrons. The zero-order valence-electron chi connectivity index (χ0n) is 18.0. The van der Waals surface area contributed by atoms with Crippen LogP contribution in [0.25, 0.3) is 0 Å². The Balaban J connectivity index is 1.48. The van der Waals surface area contributed by atoms with Gasteiger partial charge in [-0.25, -0.2) is 4.79 Å². The first-order chi connectivity index (χ1) is 15.4. The maximum atomic E-state index is 12.5. The minimum Gasteiger partial charge on any atom is -0.465 e. The van der Waals surface area contributed by atoms with E-state index in [0.717, 1.165) is 47.5 Å². The fourth-order valence-corrected chi connectivity index (χ4v) is 5.57. The molecule has 0 unspecified atom stereocenters. The summed E-state index contributed by atoms with van der Waals surface area (Å²) in [6.07, 6.45) is 5.29. The maximum Gasteiger partial charge on any atom is 0.341 e. The van der Waals surface area contributed by atoms with E-state index in [-0.39, 0.29) is 5.97 Å². The number of anilines is 2. The van der Waals surface area contributed by atoms with Gasteiger partial charge in [-0.05, 0) is 68.1 Å². The van der Waals surface area contributed by atoms with Gasteiger partial charge < -0.3 is 15.4 Å². The lowest BCUT2D eigenvalue weighted by Crippen LogP contribution is -2.20. The van der Waals surface area contributed by atoms with Crippen LogP contribution in [0.3, 0.4) is 0 Å². The van der Waals surface area contributed by atoms with E-state index in [1.165, 1.54) is 18.4 Å². The third-order valence-electron chi connectivity index (χ3n) is 5.51. The number of thiophene rings is 1. The number of benzene rings is 1. The fourth-order valence-electron chi connectivity index (χ4n) is 3.89. The number of nitrogens with one attached hydrogen (secondary N) is 2. The molecule has 0 saturated heterocycles. The lowest BCUT2D eigenvalue weighted by molar-refractivity contribution is 0.0601. The molecule has 0 fully saturated rings. The quantitative estimate of drug-likeness (QED) is 0.268. The number of fused-ring (bicyclic) bond motifs is 1. The van der Waals surface area contributed by atoms with E-state index in [1.54, 1.807) is 11.3 Å². The van der Waals surface area contributed by atoms with Crippen molar-refractivity contribution in [1.29, 1.82) is 0 Å². The van der Waals surface area contributed by atoms with Gasteiger partial charge in [0.1, 0.15) is 5.00 Å². The molecule has 168 valence electrons. The van der Waals surface area contributed by atoms with Gasteiger partial charge in [-0.3, -0.25) is 4.68 Å². The molecule has 1 aliphatic carbocycles. The first kappa shape index (κ1) is 22.8. The standard InChI is InChI=1S/C23H25ClN4O2S2/c1-14-12-19(27-28(14)13-15-8-10-16(24)11-9-15)25-23(31)26-21-20(22(29)30-2)17-6-4-3-5-7-18(17)32-21/h8-12H,3-7,13H2,1-2H3,(H2,25,26,27,31). The smallest absolute Gasteiger partial charge is 0.341 e. The van der Waals surface area contributed by atoms with Crippen molar-refractivity contribution in [2.75, 3.05) is 17.7 Å². The van der Waals surface area contributed by atoms with E-state index in [9.17, 15) is 4.79 Å². The van der Waals surface area contributed by atoms with Crippen LogP contribution in [-0.2, 0) is 24.1 Å². The molecule has 3 aromatic rings. The third kappa shape index (κ3) is 5.14. The maximum absolute atomic E-state index is 12.5. The molecule has 1 aromatic carbocycles. The highest BCUT2D eigenvalue weighted by Gasteiger charge is 2.25. The lowest BCUT2D eigenvalue weighted by Gasteiger charge is -2.10. The predicted octanol–water partition coefficient (Wildman–Crippen LogP) is 5.82. The van der Waals surface area contributed by atoms with Gasteiger partial charge >= 0.3 is 5.97 Å². The predicted molar refractivity (Wildman–Crippen MR) is 134 cm³/mol. The number of ether oxygens (including phenoxy) is 1. The summed E-state index contributed by atoms with van der Waals surface area (Å²) in [5, 5.41) is 12.8. The second kappa shape index (κ2) is 10.0. The minimum absolute atomic E-state index is 0.321. The molecule has 2 heterocycles. The molecule has 0 atom stereocenters. The molecule has 32 heavy (non-hydrogen) atoms. The monoisotopic (exact) mass is 488 g/mol. The molecule has 9 heteroatoms. The Kier molecular flexibility index (Phi) is 7.13.